The van der Waals surface area contributed by atoms with E-state index in [0.717, 1.165) is 4.57 Å². The third-order valence-corrected chi connectivity index (χ3v) is 4.52. The van der Waals surface area contributed by atoms with Crippen LogP contribution in [0.1, 0.15) is 18.7 Å². The normalized spacial score (nSPS) is 28.2. The number of aromatic amines is 1. The topological polar surface area (TPSA) is 149 Å². The van der Waals surface area contributed by atoms with Gasteiger partial charge >= 0.3 is 13.9 Å². The smallest absolute Gasteiger partial charge is 0.330 e. The van der Waals surface area contributed by atoms with Gasteiger partial charge < -0.3 is 28.7 Å². The van der Waals surface area contributed by atoms with E-state index in [9.17, 15) is 19.3 Å². The van der Waals surface area contributed by atoms with Gasteiger partial charge in [0.05, 0.1) is 19.3 Å². The Morgan fingerprint density at radius 3 is 2.69 bits per heavy atom. The highest BCUT2D eigenvalue weighted by molar-refractivity contribution is 7.32. The summed E-state index contributed by atoms with van der Waals surface area (Å²) in [5.41, 5.74) is -1.02. The zero-order valence-corrected chi connectivity index (χ0v) is 15.6. The van der Waals surface area contributed by atoms with Crippen LogP contribution in [-0.2, 0) is 23.3 Å². The number of hydrogen-bond acceptors (Lipinski definition) is 8. The van der Waals surface area contributed by atoms with Crippen LogP contribution in [0.25, 0.3) is 0 Å². The van der Waals surface area contributed by atoms with Crippen LogP contribution < -0.4 is 11.2 Å². The molecule has 26 heavy (non-hydrogen) atoms. The van der Waals surface area contributed by atoms with Gasteiger partial charge in [-0.2, -0.15) is 0 Å². The Kier molecular flexibility index (Phi) is 7.30. The number of nitrogens with one attached hydrogen (secondary N) is 1. The molecule has 0 saturated carbocycles. The highest BCUT2D eigenvalue weighted by Gasteiger charge is 2.48. The molecule has 2 heterocycles. The SMILES string of the molecule is CO[C@H](C)COC1C(O[PH](=O)O)[C@@H](CO)O[C@H]1n1cc(C)c(=O)[nH]c1=O. The predicted octanol–water partition coefficient (Wildman–Crippen LogP) is -1.08. The molecule has 0 amide bonds. The van der Waals surface area contributed by atoms with Crippen molar-refractivity contribution in [1.29, 1.82) is 0 Å². The van der Waals surface area contributed by atoms with E-state index >= 15 is 0 Å². The minimum Gasteiger partial charge on any atom is -0.394 e. The monoisotopic (exact) mass is 394 g/mol. The molecule has 0 aromatic carbocycles. The minimum absolute atomic E-state index is 0.0858. The first-order valence-electron chi connectivity index (χ1n) is 7.90. The van der Waals surface area contributed by atoms with Crippen molar-refractivity contribution in [2.24, 2.45) is 0 Å². The lowest BCUT2D eigenvalue weighted by Gasteiger charge is -2.25. The number of aromatic nitrogens is 2. The molecule has 3 N–H and O–H groups in total. The summed E-state index contributed by atoms with van der Waals surface area (Å²) in [5.74, 6) is 0. The van der Waals surface area contributed by atoms with Gasteiger partial charge in [-0.15, -0.1) is 0 Å². The number of nitrogens with zero attached hydrogens (tertiary/aromatic N) is 1. The Morgan fingerprint density at radius 2 is 2.12 bits per heavy atom. The van der Waals surface area contributed by atoms with Crippen LogP contribution in [0.15, 0.2) is 15.8 Å². The average Bonchev–Trinajstić information content (AvgIpc) is 2.92. The predicted molar refractivity (Wildman–Crippen MR) is 89.4 cm³/mol. The zero-order valence-electron chi connectivity index (χ0n) is 14.6. The Morgan fingerprint density at radius 1 is 1.42 bits per heavy atom. The summed E-state index contributed by atoms with van der Waals surface area (Å²) in [6.45, 7) is 2.82. The van der Waals surface area contributed by atoms with Crippen molar-refractivity contribution in [1.82, 2.24) is 9.55 Å². The second kappa shape index (κ2) is 9.05. The molecule has 1 fully saturated rings. The van der Waals surface area contributed by atoms with Gasteiger partial charge in [0, 0.05) is 18.9 Å². The summed E-state index contributed by atoms with van der Waals surface area (Å²) in [7, 11) is -1.87. The molecule has 2 rings (SSSR count). The quantitative estimate of drug-likeness (QED) is 0.468. The van der Waals surface area contributed by atoms with Gasteiger partial charge in [0.15, 0.2) is 6.23 Å². The first-order valence-corrected chi connectivity index (χ1v) is 9.17. The number of H-pyrrole nitrogens is 1. The Bertz CT molecular complexity index is 749. The fourth-order valence-corrected chi connectivity index (χ4v) is 3.12. The van der Waals surface area contributed by atoms with Crippen molar-refractivity contribution in [3.8, 4) is 0 Å². The summed E-state index contributed by atoms with van der Waals surface area (Å²) in [4.78, 5) is 35.1. The average molecular weight is 394 g/mol. The van der Waals surface area contributed by atoms with Gasteiger partial charge in [-0.25, -0.2) is 4.79 Å². The maximum Gasteiger partial charge on any atom is 0.330 e. The Hall–Kier alpha value is -1.33. The molecular formula is C14H23N2O9P. The summed E-state index contributed by atoms with van der Waals surface area (Å²) in [6, 6.07) is 0. The van der Waals surface area contributed by atoms with E-state index in [4.69, 9.17) is 23.6 Å². The third kappa shape index (κ3) is 4.68. The zero-order chi connectivity index (χ0) is 19.4. The standard InChI is InChI=1S/C14H23N2O9P/c1-7-4-16(14(19)15-12(7)18)13-11(23-6-8(2)22-3)10(25-26(20)21)9(5-17)24-13/h4,8-11,13,17,26H,5-6H2,1-3H3,(H,20,21)(H,15,18,19)/t8-,9-,10?,11?,13-/m1/s1. The second-order valence-electron chi connectivity index (χ2n) is 5.92. The van der Waals surface area contributed by atoms with E-state index in [2.05, 4.69) is 4.98 Å². The van der Waals surface area contributed by atoms with Crippen LogP contribution in [0.3, 0.4) is 0 Å². The molecule has 148 valence electrons. The number of aryl methyl sites for hydroxylation is 1. The van der Waals surface area contributed by atoms with E-state index in [1.165, 1.54) is 20.2 Å². The van der Waals surface area contributed by atoms with E-state index in [0.29, 0.717) is 0 Å². The largest absolute Gasteiger partial charge is 0.394 e. The van der Waals surface area contributed by atoms with E-state index < -0.39 is 50.7 Å². The van der Waals surface area contributed by atoms with Crippen LogP contribution in [0.2, 0.25) is 0 Å². The van der Waals surface area contributed by atoms with Crippen molar-refractivity contribution in [3.05, 3.63) is 32.6 Å². The van der Waals surface area contributed by atoms with E-state index in [1.807, 2.05) is 0 Å². The lowest BCUT2D eigenvalue weighted by atomic mass is 10.1. The molecule has 0 bridgehead atoms. The molecule has 1 saturated heterocycles. The molecule has 0 aliphatic carbocycles. The summed E-state index contributed by atoms with van der Waals surface area (Å²) in [6.07, 6.45) is -3.17. The minimum atomic E-state index is -3.36. The maximum atomic E-state index is 12.2. The summed E-state index contributed by atoms with van der Waals surface area (Å²) >= 11 is 0. The first-order chi connectivity index (χ1) is 12.3. The van der Waals surface area contributed by atoms with Gasteiger partial charge in [0.1, 0.15) is 18.3 Å². The maximum absolute atomic E-state index is 12.2. The third-order valence-electron chi connectivity index (χ3n) is 4.05. The molecule has 11 nitrogen and oxygen atoms in total. The lowest BCUT2D eigenvalue weighted by molar-refractivity contribution is -0.0928. The van der Waals surface area contributed by atoms with E-state index in [1.54, 1.807) is 6.92 Å². The summed E-state index contributed by atoms with van der Waals surface area (Å²) < 4.78 is 33.7. The van der Waals surface area contributed by atoms with Crippen LogP contribution in [0.4, 0.5) is 0 Å². The van der Waals surface area contributed by atoms with Gasteiger partial charge in [-0.3, -0.25) is 18.9 Å². The van der Waals surface area contributed by atoms with Gasteiger partial charge in [0.25, 0.3) is 5.56 Å². The number of methoxy groups -OCH3 is 1. The first kappa shape index (κ1) is 21.0. The molecule has 1 aromatic rings. The molecule has 0 radical (unpaired) electrons. The van der Waals surface area contributed by atoms with Crippen LogP contribution in [-0.4, -0.2) is 64.3 Å². The fourth-order valence-electron chi connectivity index (χ4n) is 2.60. The highest BCUT2D eigenvalue weighted by Crippen LogP contribution is 2.37. The highest BCUT2D eigenvalue weighted by atomic mass is 31.1. The van der Waals surface area contributed by atoms with Crippen LogP contribution in [0, 0.1) is 6.92 Å². The number of ether oxygens (including phenoxy) is 3. The molecular weight excluding hydrogens is 371 g/mol. The second-order valence-corrected chi connectivity index (χ2v) is 6.69. The fraction of sp³-hybridized carbons (Fsp3) is 0.714. The molecule has 1 aromatic heterocycles. The van der Waals surface area contributed by atoms with Crippen molar-refractivity contribution in [2.75, 3.05) is 20.3 Å². The summed E-state index contributed by atoms with van der Waals surface area (Å²) in [5, 5.41) is 9.52. The number of aliphatic hydroxyl groups excluding tert-OH is 1. The molecule has 0 spiro atoms. The molecule has 1 aliphatic rings. The van der Waals surface area contributed by atoms with Crippen molar-refractivity contribution in [2.45, 2.75) is 44.5 Å². The van der Waals surface area contributed by atoms with Gasteiger partial charge in [-0.05, 0) is 13.8 Å². The molecule has 1 aliphatic heterocycles. The number of hydrogen-bond donors (Lipinski definition) is 3. The number of rotatable bonds is 8. The van der Waals surface area contributed by atoms with Gasteiger partial charge in [-0.1, -0.05) is 0 Å². The number of aliphatic hydroxyl groups is 1. The Balaban J connectivity index is 2.40. The van der Waals surface area contributed by atoms with Crippen molar-refractivity contribution >= 4 is 8.25 Å². The van der Waals surface area contributed by atoms with Crippen molar-refractivity contribution < 1.29 is 33.3 Å². The molecule has 12 heteroatoms. The van der Waals surface area contributed by atoms with E-state index in [-0.39, 0.29) is 18.3 Å². The Labute approximate surface area is 149 Å². The van der Waals surface area contributed by atoms with Gasteiger partial charge in [0.2, 0.25) is 0 Å². The van der Waals surface area contributed by atoms with Crippen molar-refractivity contribution in [3.63, 3.8) is 0 Å². The van der Waals surface area contributed by atoms with Crippen LogP contribution in [0.5, 0.6) is 0 Å². The molecule has 3 unspecified atom stereocenters. The molecule has 6 atom stereocenters. The lowest BCUT2D eigenvalue weighted by Crippen LogP contribution is -2.41. The van der Waals surface area contributed by atoms with Crippen LogP contribution >= 0.6 is 8.25 Å².